The minimum atomic E-state index is 0.860. The molecule has 0 spiro atoms. The third-order valence-electron chi connectivity index (χ3n) is 2.88. The van der Waals surface area contributed by atoms with Crippen molar-refractivity contribution >= 4 is 17.0 Å². The number of rotatable bonds is 2. The highest BCUT2D eigenvalue weighted by Crippen LogP contribution is 2.26. The SMILES string of the molecule is Nc1ccc2c(c1)CN(Cc1cncs1)C2. The molecule has 0 radical (unpaired) electrons. The average molecular weight is 231 g/mol. The van der Waals surface area contributed by atoms with Crippen LogP contribution in [0, 0.1) is 0 Å². The van der Waals surface area contributed by atoms with Crippen LogP contribution in [-0.2, 0) is 19.6 Å². The highest BCUT2D eigenvalue weighted by Gasteiger charge is 2.19. The molecule has 1 aromatic carbocycles. The normalized spacial score (nSPS) is 15.2. The quantitative estimate of drug-likeness (QED) is 0.806. The summed E-state index contributed by atoms with van der Waals surface area (Å²) in [5, 5.41) is 0. The molecule has 3 nitrogen and oxygen atoms in total. The predicted octanol–water partition coefficient (Wildman–Crippen LogP) is 2.24. The Bertz CT molecular complexity index is 493. The molecule has 0 amide bonds. The first kappa shape index (κ1) is 9.81. The van der Waals surface area contributed by atoms with Crippen LogP contribution < -0.4 is 5.73 Å². The summed E-state index contributed by atoms with van der Waals surface area (Å²) < 4.78 is 0. The molecule has 0 saturated carbocycles. The Morgan fingerprint density at radius 1 is 1.31 bits per heavy atom. The number of nitrogen functional groups attached to an aromatic ring is 1. The van der Waals surface area contributed by atoms with E-state index in [1.54, 1.807) is 11.3 Å². The van der Waals surface area contributed by atoms with Gasteiger partial charge in [-0.1, -0.05) is 6.07 Å². The summed E-state index contributed by atoms with van der Waals surface area (Å²) in [6, 6.07) is 6.20. The number of aromatic nitrogens is 1. The average Bonchev–Trinajstić information content (AvgIpc) is 2.86. The van der Waals surface area contributed by atoms with Crippen molar-refractivity contribution in [2.24, 2.45) is 0 Å². The van der Waals surface area contributed by atoms with Crippen molar-refractivity contribution < 1.29 is 0 Å². The van der Waals surface area contributed by atoms with Crippen molar-refractivity contribution in [1.82, 2.24) is 9.88 Å². The first-order valence-electron chi connectivity index (χ1n) is 5.28. The molecular weight excluding hydrogens is 218 g/mol. The third kappa shape index (κ3) is 1.81. The van der Waals surface area contributed by atoms with E-state index in [9.17, 15) is 0 Å². The van der Waals surface area contributed by atoms with Gasteiger partial charge in [0, 0.05) is 36.4 Å². The molecule has 3 rings (SSSR count). The Kier molecular flexibility index (Phi) is 2.38. The number of nitrogens with two attached hydrogens (primary N) is 1. The number of fused-ring (bicyclic) bond motifs is 1. The topological polar surface area (TPSA) is 42.1 Å². The van der Waals surface area contributed by atoms with E-state index >= 15 is 0 Å². The molecule has 1 aromatic heterocycles. The maximum absolute atomic E-state index is 5.79. The van der Waals surface area contributed by atoms with Crippen LogP contribution in [0.4, 0.5) is 5.69 Å². The number of hydrogen-bond acceptors (Lipinski definition) is 4. The van der Waals surface area contributed by atoms with Crippen LogP contribution in [0.15, 0.2) is 29.9 Å². The van der Waals surface area contributed by atoms with Crippen LogP contribution in [-0.4, -0.2) is 9.88 Å². The van der Waals surface area contributed by atoms with E-state index in [0.29, 0.717) is 0 Å². The number of hydrogen-bond donors (Lipinski definition) is 1. The van der Waals surface area contributed by atoms with Gasteiger partial charge in [-0.15, -0.1) is 11.3 Å². The van der Waals surface area contributed by atoms with E-state index < -0.39 is 0 Å². The summed E-state index contributed by atoms with van der Waals surface area (Å²) in [7, 11) is 0. The van der Waals surface area contributed by atoms with E-state index in [2.05, 4.69) is 22.0 Å². The summed E-state index contributed by atoms with van der Waals surface area (Å²) in [6.45, 7) is 3.00. The Hall–Kier alpha value is -1.39. The fourth-order valence-corrected chi connectivity index (χ4v) is 2.77. The van der Waals surface area contributed by atoms with Crippen molar-refractivity contribution in [3.63, 3.8) is 0 Å². The maximum atomic E-state index is 5.79. The van der Waals surface area contributed by atoms with Gasteiger partial charge in [-0.05, 0) is 23.3 Å². The summed E-state index contributed by atoms with van der Waals surface area (Å²) in [4.78, 5) is 7.83. The summed E-state index contributed by atoms with van der Waals surface area (Å²) in [5.41, 5.74) is 11.3. The van der Waals surface area contributed by atoms with Gasteiger partial charge in [-0.2, -0.15) is 0 Å². The summed E-state index contributed by atoms with van der Waals surface area (Å²) >= 11 is 1.71. The minimum Gasteiger partial charge on any atom is -0.399 e. The molecule has 0 aliphatic carbocycles. The van der Waals surface area contributed by atoms with Gasteiger partial charge >= 0.3 is 0 Å². The molecule has 4 heteroatoms. The molecule has 2 N–H and O–H groups in total. The Morgan fingerprint density at radius 3 is 3.00 bits per heavy atom. The van der Waals surface area contributed by atoms with E-state index in [-0.39, 0.29) is 0 Å². The van der Waals surface area contributed by atoms with Gasteiger partial charge in [0.25, 0.3) is 0 Å². The zero-order valence-electron chi connectivity index (χ0n) is 8.89. The number of anilines is 1. The standard InChI is InChI=1S/C12H13N3S/c13-11-2-1-9-5-15(6-10(9)3-11)7-12-4-14-8-16-12/h1-4,8H,5-7,13H2. The summed E-state index contributed by atoms with van der Waals surface area (Å²) in [6.07, 6.45) is 1.95. The second-order valence-corrected chi connectivity index (χ2v) is 5.11. The van der Waals surface area contributed by atoms with Gasteiger partial charge in [0.05, 0.1) is 5.51 Å². The predicted molar refractivity (Wildman–Crippen MR) is 65.9 cm³/mol. The molecule has 0 fully saturated rings. The van der Waals surface area contributed by atoms with Crippen LogP contribution in [0.1, 0.15) is 16.0 Å². The lowest BCUT2D eigenvalue weighted by atomic mass is 10.1. The lowest BCUT2D eigenvalue weighted by Gasteiger charge is -2.12. The third-order valence-corrected chi connectivity index (χ3v) is 3.65. The lowest BCUT2D eigenvalue weighted by molar-refractivity contribution is 0.278. The van der Waals surface area contributed by atoms with E-state index in [4.69, 9.17) is 5.73 Å². The highest BCUT2D eigenvalue weighted by atomic mass is 32.1. The molecule has 2 aromatic rings. The minimum absolute atomic E-state index is 0.860. The maximum Gasteiger partial charge on any atom is 0.0794 e. The first-order valence-corrected chi connectivity index (χ1v) is 6.16. The fraction of sp³-hybridized carbons (Fsp3) is 0.250. The van der Waals surface area contributed by atoms with Crippen LogP contribution in [0.5, 0.6) is 0 Å². The van der Waals surface area contributed by atoms with Gasteiger partial charge in [0.1, 0.15) is 0 Å². The molecule has 16 heavy (non-hydrogen) atoms. The van der Waals surface area contributed by atoms with Gasteiger partial charge in [0.15, 0.2) is 0 Å². The fourth-order valence-electron chi connectivity index (χ4n) is 2.14. The molecule has 2 heterocycles. The molecule has 0 unspecified atom stereocenters. The number of benzene rings is 1. The number of nitrogens with zero attached hydrogens (tertiary/aromatic N) is 2. The smallest absolute Gasteiger partial charge is 0.0794 e. The van der Waals surface area contributed by atoms with Crippen molar-refractivity contribution in [1.29, 1.82) is 0 Å². The van der Waals surface area contributed by atoms with E-state index in [1.165, 1.54) is 16.0 Å². The van der Waals surface area contributed by atoms with E-state index in [1.807, 2.05) is 17.8 Å². The van der Waals surface area contributed by atoms with Crippen LogP contribution >= 0.6 is 11.3 Å². The summed E-state index contributed by atoms with van der Waals surface area (Å²) in [5.74, 6) is 0. The van der Waals surface area contributed by atoms with Gasteiger partial charge < -0.3 is 5.73 Å². The monoisotopic (exact) mass is 231 g/mol. The first-order chi connectivity index (χ1) is 7.81. The van der Waals surface area contributed by atoms with Crippen LogP contribution in [0.3, 0.4) is 0 Å². The molecular formula is C12H13N3S. The zero-order valence-corrected chi connectivity index (χ0v) is 9.70. The molecule has 0 atom stereocenters. The second kappa shape index (κ2) is 3.88. The second-order valence-electron chi connectivity index (χ2n) is 4.14. The van der Waals surface area contributed by atoms with E-state index in [0.717, 1.165) is 25.3 Å². The van der Waals surface area contributed by atoms with Crippen LogP contribution in [0.25, 0.3) is 0 Å². The number of thiazole rings is 1. The van der Waals surface area contributed by atoms with Crippen molar-refractivity contribution in [3.05, 3.63) is 45.9 Å². The zero-order chi connectivity index (χ0) is 11.0. The molecule has 0 saturated heterocycles. The highest BCUT2D eigenvalue weighted by molar-refractivity contribution is 7.09. The van der Waals surface area contributed by atoms with Gasteiger partial charge in [0.2, 0.25) is 0 Å². The lowest BCUT2D eigenvalue weighted by Crippen LogP contribution is -2.14. The Morgan fingerprint density at radius 2 is 2.19 bits per heavy atom. The van der Waals surface area contributed by atoms with Crippen molar-refractivity contribution in [3.8, 4) is 0 Å². The van der Waals surface area contributed by atoms with Gasteiger partial charge in [-0.25, -0.2) is 0 Å². The van der Waals surface area contributed by atoms with Crippen LogP contribution in [0.2, 0.25) is 0 Å². The molecule has 0 bridgehead atoms. The Balaban J connectivity index is 1.75. The molecule has 1 aliphatic rings. The Labute approximate surface area is 98.5 Å². The largest absolute Gasteiger partial charge is 0.399 e. The van der Waals surface area contributed by atoms with Crippen molar-refractivity contribution in [2.45, 2.75) is 19.6 Å². The molecule has 82 valence electrons. The van der Waals surface area contributed by atoms with Crippen molar-refractivity contribution in [2.75, 3.05) is 5.73 Å². The molecule has 1 aliphatic heterocycles. The van der Waals surface area contributed by atoms with Gasteiger partial charge in [-0.3, -0.25) is 9.88 Å².